The van der Waals surface area contributed by atoms with E-state index in [1.165, 1.54) is 24.8 Å². The normalized spacial score (nSPS) is 23.7. The van der Waals surface area contributed by atoms with Crippen LogP contribution in [0.3, 0.4) is 0 Å². The highest BCUT2D eigenvalue weighted by Gasteiger charge is 2.36. The van der Waals surface area contributed by atoms with Gasteiger partial charge in [0.1, 0.15) is 6.10 Å². The smallest absolute Gasteiger partial charge is 0.435 e. The first-order valence-electron chi connectivity index (χ1n) is 9.22. The molecule has 24 heavy (non-hydrogen) atoms. The molecule has 2 rings (SSSR count). The molecule has 0 radical (unpaired) electrons. The molecule has 0 spiro atoms. The summed E-state index contributed by atoms with van der Waals surface area (Å²) < 4.78 is 10.1. The molecule has 1 aromatic rings. The van der Waals surface area contributed by atoms with Gasteiger partial charge in [-0.25, -0.2) is 4.79 Å². The molecule has 134 valence electrons. The van der Waals surface area contributed by atoms with Gasteiger partial charge in [0.2, 0.25) is 0 Å². The minimum atomic E-state index is -0.809. The van der Waals surface area contributed by atoms with Crippen LogP contribution in [0.5, 0.6) is 0 Å². The minimum Gasteiger partial charge on any atom is -0.435 e. The standard InChI is InChI=1S/C20H30O4/c1-3-5-6-7-16-8-10-17(11-9-16)20(22)14-12-18(13-15-20)24-19(21)23-4-2/h8-11,18,22H,3-7,12-15H2,1-2H3. The average Bonchev–Trinajstić information content (AvgIpc) is 2.58. The number of aliphatic hydroxyl groups is 1. The van der Waals surface area contributed by atoms with Crippen molar-refractivity contribution >= 4 is 6.16 Å². The molecule has 0 aliphatic heterocycles. The van der Waals surface area contributed by atoms with Crippen LogP contribution in [-0.2, 0) is 21.5 Å². The topological polar surface area (TPSA) is 55.8 Å². The molecule has 0 atom stereocenters. The Hall–Kier alpha value is -1.55. The van der Waals surface area contributed by atoms with E-state index in [0.717, 1.165) is 12.0 Å². The predicted molar refractivity (Wildman–Crippen MR) is 93.9 cm³/mol. The first-order chi connectivity index (χ1) is 11.6. The molecule has 0 saturated heterocycles. The molecule has 1 aliphatic rings. The third-order valence-corrected chi connectivity index (χ3v) is 4.85. The number of unbranched alkanes of at least 4 members (excludes halogenated alkanes) is 2. The van der Waals surface area contributed by atoms with Crippen LogP contribution >= 0.6 is 0 Å². The van der Waals surface area contributed by atoms with Gasteiger partial charge in [-0.1, -0.05) is 44.0 Å². The number of hydrogen-bond donors (Lipinski definition) is 1. The Morgan fingerprint density at radius 3 is 2.42 bits per heavy atom. The fourth-order valence-electron chi connectivity index (χ4n) is 3.32. The van der Waals surface area contributed by atoms with Gasteiger partial charge in [-0.15, -0.1) is 0 Å². The van der Waals surface area contributed by atoms with Gasteiger partial charge in [-0.05, 0) is 56.6 Å². The van der Waals surface area contributed by atoms with E-state index >= 15 is 0 Å². The average molecular weight is 334 g/mol. The monoisotopic (exact) mass is 334 g/mol. The van der Waals surface area contributed by atoms with E-state index in [1.807, 2.05) is 12.1 Å². The molecule has 1 N–H and O–H groups in total. The molecule has 1 aromatic carbocycles. The fraction of sp³-hybridized carbons (Fsp3) is 0.650. The predicted octanol–water partition coefficient (Wildman–Crippen LogP) is 4.72. The number of aryl methyl sites for hydroxylation is 1. The van der Waals surface area contributed by atoms with Gasteiger partial charge in [0.25, 0.3) is 0 Å². The van der Waals surface area contributed by atoms with Crippen LogP contribution in [0.4, 0.5) is 4.79 Å². The number of carbonyl (C=O) groups is 1. The molecular formula is C20H30O4. The minimum absolute atomic E-state index is 0.155. The van der Waals surface area contributed by atoms with Gasteiger partial charge in [-0.3, -0.25) is 0 Å². The summed E-state index contributed by atoms with van der Waals surface area (Å²) >= 11 is 0. The van der Waals surface area contributed by atoms with Crippen molar-refractivity contribution in [3.05, 3.63) is 35.4 Å². The molecule has 4 heteroatoms. The van der Waals surface area contributed by atoms with Crippen LogP contribution in [0.15, 0.2) is 24.3 Å². The summed E-state index contributed by atoms with van der Waals surface area (Å²) in [6.07, 6.45) is 6.57. The second kappa shape index (κ2) is 9.07. The van der Waals surface area contributed by atoms with Crippen molar-refractivity contribution in [2.75, 3.05) is 6.61 Å². The van der Waals surface area contributed by atoms with Crippen LogP contribution in [-0.4, -0.2) is 24.0 Å². The zero-order chi connectivity index (χ0) is 17.4. The van der Waals surface area contributed by atoms with Crippen LogP contribution < -0.4 is 0 Å². The van der Waals surface area contributed by atoms with Crippen molar-refractivity contribution < 1.29 is 19.4 Å². The summed E-state index contributed by atoms with van der Waals surface area (Å²) in [4.78, 5) is 11.4. The molecule has 0 unspecified atom stereocenters. The molecule has 1 aliphatic carbocycles. The number of rotatable bonds is 7. The first kappa shape index (κ1) is 18.8. The third kappa shape index (κ3) is 5.23. The molecule has 1 saturated carbocycles. The second-order valence-electron chi connectivity index (χ2n) is 6.69. The van der Waals surface area contributed by atoms with Crippen molar-refractivity contribution in [1.29, 1.82) is 0 Å². The number of ether oxygens (including phenoxy) is 2. The molecule has 1 fully saturated rings. The van der Waals surface area contributed by atoms with Crippen molar-refractivity contribution in [1.82, 2.24) is 0 Å². The van der Waals surface area contributed by atoms with E-state index in [1.54, 1.807) is 6.92 Å². The fourth-order valence-corrected chi connectivity index (χ4v) is 3.32. The lowest BCUT2D eigenvalue weighted by Gasteiger charge is -2.36. The number of hydrogen-bond acceptors (Lipinski definition) is 4. The first-order valence-corrected chi connectivity index (χ1v) is 9.22. The zero-order valence-corrected chi connectivity index (χ0v) is 14.9. The van der Waals surface area contributed by atoms with Crippen molar-refractivity contribution in [2.24, 2.45) is 0 Å². The van der Waals surface area contributed by atoms with Gasteiger partial charge in [0.15, 0.2) is 0 Å². The maximum Gasteiger partial charge on any atom is 0.508 e. The Balaban J connectivity index is 1.87. The zero-order valence-electron chi connectivity index (χ0n) is 14.9. The van der Waals surface area contributed by atoms with Gasteiger partial charge < -0.3 is 14.6 Å². The molecular weight excluding hydrogens is 304 g/mol. The lowest BCUT2D eigenvalue weighted by Crippen LogP contribution is -2.35. The number of benzene rings is 1. The van der Waals surface area contributed by atoms with Gasteiger partial charge in [-0.2, -0.15) is 0 Å². The van der Waals surface area contributed by atoms with Crippen LogP contribution in [0, 0.1) is 0 Å². The molecule has 0 heterocycles. The molecule has 0 aromatic heterocycles. The van der Waals surface area contributed by atoms with Crippen molar-refractivity contribution in [2.45, 2.75) is 76.9 Å². The van der Waals surface area contributed by atoms with Crippen molar-refractivity contribution in [3.63, 3.8) is 0 Å². The Labute approximate surface area is 145 Å². The summed E-state index contributed by atoms with van der Waals surface area (Å²) in [6.45, 7) is 4.29. The lowest BCUT2D eigenvalue weighted by atomic mass is 9.78. The van der Waals surface area contributed by atoms with E-state index in [-0.39, 0.29) is 6.10 Å². The highest BCUT2D eigenvalue weighted by Crippen LogP contribution is 2.38. The SMILES string of the molecule is CCCCCc1ccc(C2(O)CCC(OC(=O)OCC)CC2)cc1. The van der Waals surface area contributed by atoms with E-state index in [2.05, 4.69) is 19.1 Å². The Morgan fingerprint density at radius 2 is 1.83 bits per heavy atom. The van der Waals surface area contributed by atoms with E-state index in [4.69, 9.17) is 9.47 Å². The molecule has 0 amide bonds. The van der Waals surface area contributed by atoms with Gasteiger partial charge in [0, 0.05) is 0 Å². The number of carbonyl (C=O) groups excluding carboxylic acids is 1. The summed E-state index contributed by atoms with van der Waals surface area (Å²) in [5.74, 6) is 0. The van der Waals surface area contributed by atoms with E-state index in [9.17, 15) is 9.90 Å². The van der Waals surface area contributed by atoms with Crippen LogP contribution in [0.25, 0.3) is 0 Å². The summed E-state index contributed by atoms with van der Waals surface area (Å²) in [5.41, 5.74) is 1.49. The maximum atomic E-state index is 11.4. The van der Waals surface area contributed by atoms with Crippen LogP contribution in [0.1, 0.15) is 69.9 Å². The van der Waals surface area contributed by atoms with E-state index < -0.39 is 11.8 Å². The Kier molecular flexibility index (Phi) is 7.10. The summed E-state index contributed by atoms with van der Waals surface area (Å²) in [7, 11) is 0. The largest absolute Gasteiger partial charge is 0.508 e. The summed E-state index contributed by atoms with van der Waals surface area (Å²) in [5, 5.41) is 10.9. The lowest BCUT2D eigenvalue weighted by molar-refractivity contribution is -0.0530. The summed E-state index contributed by atoms with van der Waals surface area (Å²) in [6, 6.07) is 8.36. The molecule has 4 nitrogen and oxygen atoms in total. The third-order valence-electron chi connectivity index (χ3n) is 4.85. The second-order valence-corrected chi connectivity index (χ2v) is 6.69. The maximum absolute atomic E-state index is 11.4. The Morgan fingerprint density at radius 1 is 1.17 bits per heavy atom. The highest BCUT2D eigenvalue weighted by atomic mass is 16.7. The van der Waals surface area contributed by atoms with Gasteiger partial charge >= 0.3 is 6.16 Å². The van der Waals surface area contributed by atoms with Crippen molar-refractivity contribution in [3.8, 4) is 0 Å². The van der Waals surface area contributed by atoms with Crippen LogP contribution in [0.2, 0.25) is 0 Å². The van der Waals surface area contributed by atoms with Gasteiger partial charge in [0.05, 0.1) is 12.2 Å². The van der Waals surface area contributed by atoms with E-state index in [0.29, 0.717) is 32.3 Å². The Bertz CT molecular complexity index is 501. The highest BCUT2D eigenvalue weighted by molar-refractivity contribution is 5.60. The quantitative estimate of drug-likeness (QED) is 0.579. The molecule has 0 bridgehead atoms.